The summed E-state index contributed by atoms with van der Waals surface area (Å²) in [6.07, 6.45) is 8.39. The molecular weight excluding hydrogens is 171 g/mol. The Bertz CT molecular complexity index is 74.0. The van der Waals surface area contributed by atoms with Gasteiger partial charge in [-0.15, -0.1) is 0 Å². The molecule has 0 radical (unpaired) electrons. The van der Waals surface area contributed by atoms with E-state index in [4.69, 9.17) is 10.0 Å². The van der Waals surface area contributed by atoms with E-state index in [9.17, 15) is 0 Å². The molecule has 2 heteroatoms. The Balaban J connectivity index is 2.80. The van der Waals surface area contributed by atoms with E-state index in [1.807, 2.05) is 0 Å². The molecule has 0 aromatic carbocycles. The van der Waals surface area contributed by atoms with Gasteiger partial charge in [0.15, 0.2) is 0 Å². The smallest absolute Gasteiger partial charge is 0.261 e. The van der Waals surface area contributed by atoms with Crippen LogP contribution in [0.3, 0.4) is 0 Å². The predicted molar refractivity (Wildman–Crippen MR) is 55.7 cm³/mol. The van der Waals surface area contributed by atoms with Crippen LogP contribution in [-0.2, 0) is 0 Å². The zero-order valence-corrected chi connectivity index (χ0v) is 9.82. The van der Waals surface area contributed by atoms with Gasteiger partial charge in [0.1, 0.15) is 0 Å². The van der Waals surface area contributed by atoms with Gasteiger partial charge in [-0.3, -0.25) is 10.0 Å². The first-order chi connectivity index (χ1) is 5.27. The molecule has 0 fully saturated rings. The maximum absolute atomic E-state index is 5.96. The molecule has 0 aromatic rings. The standard InChI is InChI=1S/C8H17.CH3.Al.ClH/c1-3-5-7-8-6-4-2;;;/h1,3-8H2,2H3;1H3;;1H/q;;+1;/p-1. The highest BCUT2D eigenvalue weighted by Crippen LogP contribution is 2.09. The van der Waals surface area contributed by atoms with E-state index in [-0.39, 0.29) is 0 Å². The zero-order valence-electron chi connectivity index (χ0n) is 7.91. The lowest BCUT2D eigenvalue weighted by atomic mass is 10.1. The Morgan fingerprint density at radius 2 is 1.55 bits per heavy atom. The molecule has 0 N–H and O–H groups in total. The van der Waals surface area contributed by atoms with Crippen LogP contribution in [0.2, 0.25) is 11.1 Å². The third-order valence-electron chi connectivity index (χ3n) is 1.96. The summed E-state index contributed by atoms with van der Waals surface area (Å²) in [5, 5.41) is 1.33. The Morgan fingerprint density at radius 3 is 2.09 bits per heavy atom. The molecule has 0 aliphatic heterocycles. The second-order valence-corrected chi connectivity index (χ2v) is 7.71. The van der Waals surface area contributed by atoms with Crippen molar-refractivity contribution in [2.24, 2.45) is 0 Å². The third-order valence-corrected chi connectivity index (χ3v) is 3.81. The predicted octanol–water partition coefficient (Wildman–Crippen LogP) is 4.21. The van der Waals surface area contributed by atoms with Gasteiger partial charge in [0.25, 0.3) is 0 Å². The Labute approximate surface area is 79.9 Å². The molecule has 0 atom stereocenters. The van der Waals surface area contributed by atoms with Crippen LogP contribution in [0, 0.1) is 0 Å². The fraction of sp³-hybridized carbons (Fsp3) is 1.00. The lowest BCUT2D eigenvalue weighted by molar-refractivity contribution is 0.624. The maximum atomic E-state index is 5.96. The first kappa shape index (κ1) is 11.8. The van der Waals surface area contributed by atoms with E-state index >= 15 is 0 Å². The summed E-state index contributed by atoms with van der Waals surface area (Å²) in [6, 6.07) is 0. The van der Waals surface area contributed by atoms with Gasteiger partial charge in [-0.1, -0.05) is 56.5 Å². The minimum absolute atomic E-state index is 0.757. The van der Waals surface area contributed by atoms with Crippen molar-refractivity contribution in [3.8, 4) is 0 Å². The summed E-state index contributed by atoms with van der Waals surface area (Å²) in [7, 11) is 5.96. The lowest BCUT2D eigenvalue weighted by Crippen LogP contribution is -1.94. The Kier molecular flexibility index (Phi) is 9.58. The Morgan fingerprint density at radius 1 is 1.00 bits per heavy atom. The van der Waals surface area contributed by atoms with Crippen LogP contribution < -0.4 is 0 Å². The first-order valence-corrected chi connectivity index (χ1v) is 8.63. The van der Waals surface area contributed by atoms with Crippen LogP contribution in [0.25, 0.3) is 0 Å². The van der Waals surface area contributed by atoms with Gasteiger partial charge < -0.3 is 0 Å². The van der Waals surface area contributed by atoms with E-state index in [0.29, 0.717) is 0 Å². The molecule has 11 heavy (non-hydrogen) atoms. The zero-order chi connectivity index (χ0) is 8.53. The van der Waals surface area contributed by atoms with Gasteiger partial charge in [-0.05, 0) is 0 Å². The van der Waals surface area contributed by atoms with Crippen LogP contribution in [0.4, 0.5) is 0 Å². The fourth-order valence-electron chi connectivity index (χ4n) is 1.21. The van der Waals surface area contributed by atoms with E-state index in [1.54, 1.807) is 0 Å². The van der Waals surface area contributed by atoms with Crippen molar-refractivity contribution in [2.45, 2.75) is 56.5 Å². The van der Waals surface area contributed by atoms with Crippen molar-refractivity contribution in [3.63, 3.8) is 0 Å². The van der Waals surface area contributed by atoms with Crippen molar-refractivity contribution in [1.29, 1.82) is 0 Å². The van der Waals surface area contributed by atoms with Crippen LogP contribution in [0.1, 0.15) is 45.4 Å². The van der Waals surface area contributed by atoms with E-state index in [2.05, 4.69) is 12.7 Å². The molecule has 0 saturated heterocycles. The first-order valence-electron chi connectivity index (χ1n) is 4.91. The summed E-state index contributed by atoms with van der Waals surface area (Å²) in [6.45, 7) is 2.26. The van der Waals surface area contributed by atoms with Crippen LogP contribution in [0.15, 0.2) is 0 Å². The quantitative estimate of drug-likeness (QED) is 0.417. The highest BCUT2D eigenvalue weighted by Gasteiger charge is 2.04. The summed E-state index contributed by atoms with van der Waals surface area (Å²) in [4.78, 5) is 0. The highest BCUT2D eigenvalue weighted by molar-refractivity contribution is 7.06. The molecule has 0 nitrogen and oxygen atoms in total. The van der Waals surface area contributed by atoms with Gasteiger partial charge in [0, 0.05) is 0 Å². The molecule has 0 bridgehead atoms. The number of unbranched alkanes of at least 4 members (excludes halogenated alkanes) is 5. The van der Waals surface area contributed by atoms with Crippen molar-refractivity contribution in [2.75, 3.05) is 0 Å². The minimum atomic E-state index is -0.757. The van der Waals surface area contributed by atoms with Gasteiger partial charge in [0.05, 0.1) is 0 Å². The maximum Gasteiger partial charge on any atom is 0.396 e. The summed E-state index contributed by atoms with van der Waals surface area (Å²) in [5.41, 5.74) is 0. The lowest BCUT2D eigenvalue weighted by Gasteiger charge is -1.99. The number of rotatable bonds is 7. The average Bonchev–Trinajstić information content (AvgIpc) is 1.96. The molecule has 0 amide bonds. The van der Waals surface area contributed by atoms with Gasteiger partial charge in [0.2, 0.25) is 0 Å². The average molecular weight is 191 g/mol. The van der Waals surface area contributed by atoms with Crippen LogP contribution in [-0.4, -0.2) is 13.2 Å². The molecule has 0 saturated carbocycles. The van der Waals surface area contributed by atoms with Crippen molar-refractivity contribution < 1.29 is 0 Å². The van der Waals surface area contributed by atoms with E-state index in [1.165, 1.54) is 43.8 Å². The van der Waals surface area contributed by atoms with Crippen molar-refractivity contribution >= 4 is 23.3 Å². The summed E-state index contributed by atoms with van der Waals surface area (Å²) >= 11 is -0.757. The molecular formula is C9H20AlCl. The molecule has 66 valence electrons. The number of hydrogen-bond donors (Lipinski definition) is 0. The topological polar surface area (TPSA) is 0 Å². The number of halogens is 1. The normalized spacial score (nSPS) is 10.1. The third kappa shape index (κ3) is 10.8. The molecule has 0 heterocycles. The van der Waals surface area contributed by atoms with Gasteiger partial charge in [-0.25, -0.2) is 0 Å². The summed E-state index contributed by atoms with van der Waals surface area (Å²) < 4.78 is 0. The van der Waals surface area contributed by atoms with E-state index < -0.39 is 13.2 Å². The van der Waals surface area contributed by atoms with Crippen LogP contribution >= 0.6 is 10.0 Å². The van der Waals surface area contributed by atoms with Gasteiger partial charge >= 0.3 is 13.2 Å². The van der Waals surface area contributed by atoms with Crippen molar-refractivity contribution in [3.05, 3.63) is 0 Å². The largest absolute Gasteiger partial charge is 0.396 e. The van der Waals surface area contributed by atoms with E-state index in [0.717, 1.165) is 0 Å². The molecule has 0 spiro atoms. The SMILES string of the molecule is CCCCCCC[CH2][Al]([CH3])[Cl]. The number of hydrogen-bond acceptors (Lipinski definition) is 0. The molecule has 0 unspecified atom stereocenters. The van der Waals surface area contributed by atoms with Crippen molar-refractivity contribution in [1.82, 2.24) is 0 Å². The molecule has 0 aromatic heterocycles. The molecule has 0 rings (SSSR count). The second-order valence-electron chi connectivity index (χ2n) is 3.34. The molecule has 0 aliphatic rings. The monoisotopic (exact) mass is 190 g/mol. The highest BCUT2D eigenvalue weighted by atomic mass is 35.6. The van der Waals surface area contributed by atoms with Crippen LogP contribution in [0.5, 0.6) is 0 Å². The van der Waals surface area contributed by atoms with Gasteiger partial charge in [-0.2, -0.15) is 0 Å². The summed E-state index contributed by atoms with van der Waals surface area (Å²) in [5.74, 6) is 2.22. The molecule has 0 aliphatic carbocycles. The Hall–Kier alpha value is 0.822. The fourth-order valence-corrected chi connectivity index (χ4v) is 2.52. The minimum Gasteiger partial charge on any atom is -0.261 e. The second kappa shape index (κ2) is 8.91.